The van der Waals surface area contributed by atoms with E-state index in [0.717, 1.165) is 60.5 Å². The summed E-state index contributed by atoms with van der Waals surface area (Å²) in [5, 5.41) is 6.84. The maximum atomic E-state index is 5.21. The molecular weight excluding hydrogens is 562 g/mol. The van der Waals surface area contributed by atoms with Crippen molar-refractivity contribution < 1.29 is 0 Å². The molecule has 0 unspecified atom stereocenters. The Kier molecular flexibility index (Phi) is 6.06. The first kappa shape index (κ1) is 26.1. The zero-order chi connectivity index (χ0) is 30.5. The van der Waals surface area contributed by atoms with E-state index in [1.807, 2.05) is 72.9 Å². The molecule has 3 aromatic heterocycles. The maximum absolute atomic E-state index is 5.21. The number of hydrogen-bond donors (Lipinski definition) is 0. The molecule has 46 heavy (non-hydrogen) atoms. The summed E-state index contributed by atoms with van der Waals surface area (Å²) in [7, 11) is 0. The molecule has 0 spiro atoms. The first-order valence-corrected chi connectivity index (χ1v) is 15.3. The molecule has 0 fully saturated rings. The number of hydrogen-bond acceptors (Lipinski definition) is 5. The predicted molar refractivity (Wildman–Crippen MR) is 187 cm³/mol. The van der Waals surface area contributed by atoms with E-state index in [1.54, 1.807) is 0 Å². The number of nitrogens with zero attached hydrogens (tertiary/aromatic N) is 5. The predicted octanol–water partition coefficient (Wildman–Crippen LogP) is 9.94. The highest BCUT2D eigenvalue weighted by Crippen LogP contribution is 2.39. The molecule has 6 aromatic carbocycles. The molecule has 5 heteroatoms. The van der Waals surface area contributed by atoms with Gasteiger partial charge in [0.25, 0.3) is 0 Å². The molecule has 0 saturated heterocycles. The highest BCUT2D eigenvalue weighted by molar-refractivity contribution is 6.28. The van der Waals surface area contributed by atoms with Gasteiger partial charge in [-0.15, -0.1) is 0 Å². The molecule has 3 heterocycles. The van der Waals surface area contributed by atoms with Crippen LogP contribution in [0.1, 0.15) is 0 Å². The summed E-state index contributed by atoms with van der Waals surface area (Å²) in [4.78, 5) is 24.7. The quantitative estimate of drug-likeness (QED) is 0.192. The first-order valence-electron chi connectivity index (χ1n) is 15.3. The molecule has 0 aliphatic carbocycles. The van der Waals surface area contributed by atoms with Crippen molar-refractivity contribution in [3.63, 3.8) is 0 Å². The van der Waals surface area contributed by atoms with Crippen LogP contribution in [0.25, 0.3) is 88.8 Å². The topological polar surface area (TPSA) is 64.5 Å². The van der Waals surface area contributed by atoms with E-state index in [4.69, 9.17) is 24.9 Å². The van der Waals surface area contributed by atoms with E-state index in [-0.39, 0.29) is 0 Å². The lowest BCUT2D eigenvalue weighted by molar-refractivity contribution is 1.07. The lowest BCUT2D eigenvalue weighted by atomic mass is 9.94. The summed E-state index contributed by atoms with van der Waals surface area (Å²) in [5.41, 5.74) is 6.68. The molecule has 0 atom stereocenters. The van der Waals surface area contributed by atoms with Gasteiger partial charge in [-0.05, 0) is 23.6 Å². The molecule has 0 radical (unpaired) electrons. The minimum Gasteiger partial charge on any atom is -0.256 e. The number of fused-ring (bicyclic) bond motifs is 7. The number of aromatic nitrogens is 5. The second-order valence-corrected chi connectivity index (χ2v) is 11.3. The van der Waals surface area contributed by atoms with Crippen LogP contribution in [0.4, 0.5) is 0 Å². The molecule has 9 aromatic rings. The van der Waals surface area contributed by atoms with E-state index in [9.17, 15) is 0 Å². The van der Waals surface area contributed by atoms with Crippen LogP contribution >= 0.6 is 0 Å². The maximum Gasteiger partial charge on any atom is 0.164 e. The molecule has 5 nitrogen and oxygen atoms in total. The Morgan fingerprint density at radius 1 is 0.326 bits per heavy atom. The number of pyridine rings is 2. The van der Waals surface area contributed by atoms with Crippen LogP contribution in [0, 0.1) is 0 Å². The van der Waals surface area contributed by atoms with Gasteiger partial charge in [0.15, 0.2) is 17.5 Å². The summed E-state index contributed by atoms with van der Waals surface area (Å²) < 4.78 is 0. The van der Waals surface area contributed by atoms with Crippen LogP contribution in [0.3, 0.4) is 0 Å². The number of rotatable bonds is 4. The summed E-state index contributed by atoms with van der Waals surface area (Å²) in [6.45, 7) is 0. The number of benzene rings is 6. The molecule has 9 rings (SSSR count). The Hall–Kier alpha value is -6.33. The Labute approximate surface area is 264 Å². The average Bonchev–Trinajstić information content (AvgIpc) is 3.14. The molecule has 0 N–H and O–H groups in total. The van der Waals surface area contributed by atoms with Gasteiger partial charge in [-0.1, -0.05) is 127 Å². The standard InChI is InChI=1S/C41H25N5/c1-3-11-27(12-4-1)39-44-40(28-13-5-2-6-14-28)46-41(45-39)29-21-19-26(20-22-29)38-33-23-24-35-37(31-16-8-7-15-30(31)25-42-35)36(33)32-17-9-10-18-34(32)43-38/h1-25H. The lowest BCUT2D eigenvalue weighted by Crippen LogP contribution is -2.00. The van der Waals surface area contributed by atoms with Gasteiger partial charge in [-0.25, -0.2) is 19.9 Å². The van der Waals surface area contributed by atoms with Crippen LogP contribution in [-0.2, 0) is 0 Å². The van der Waals surface area contributed by atoms with Gasteiger partial charge in [0, 0.05) is 55.4 Å². The van der Waals surface area contributed by atoms with E-state index in [0.29, 0.717) is 17.5 Å². The van der Waals surface area contributed by atoms with Crippen LogP contribution < -0.4 is 0 Å². The zero-order valence-electron chi connectivity index (χ0n) is 24.7. The fraction of sp³-hybridized carbons (Fsp3) is 0. The van der Waals surface area contributed by atoms with Crippen molar-refractivity contribution >= 4 is 43.4 Å². The van der Waals surface area contributed by atoms with Gasteiger partial charge in [0.2, 0.25) is 0 Å². The average molecular weight is 588 g/mol. The Morgan fingerprint density at radius 2 is 0.870 bits per heavy atom. The van der Waals surface area contributed by atoms with Gasteiger partial charge < -0.3 is 0 Å². The SMILES string of the molecule is c1ccc(-c2nc(-c3ccccc3)nc(-c3ccc(-c4nc5ccccc5c5c4ccc4ncc6ccccc6c45)cc3)n2)cc1. The highest BCUT2D eigenvalue weighted by atomic mass is 15.0. The molecule has 214 valence electrons. The van der Waals surface area contributed by atoms with Crippen LogP contribution in [-0.4, -0.2) is 24.9 Å². The van der Waals surface area contributed by atoms with Crippen LogP contribution in [0.15, 0.2) is 152 Å². The first-order chi connectivity index (χ1) is 22.8. The van der Waals surface area contributed by atoms with Crippen LogP contribution in [0.2, 0.25) is 0 Å². The third-order valence-corrected chi connectivity index (χ3v) is 8.53. The summed E-state index contributed by atoms with van der Waals surface area (Å²) in [6, 6.07) is 49.6. The zero-order valence-corrected chi connectivity index (χ0v) is 24.7. The van der Waals surface area contributed by atoms with Crippen molar-refractivity contribution in [1.29, 1.82) is 0 Å². The van der Waals surface area contributed by atoms with Gasteiger partial charge in [-0.2, -0.15) is 0 Å². The van der Waals surface area contributed by atoms with E-state index in [1.165, 1.54) is 10.8 Å². The third-order valence-electron chi connectivity index (χ3n) is 8.53. The largest absolute Gasteiger partial charge is 0.256 e. The van der Waals surface area contributed by atoms with Gasteiger partial charge in [0.1, 0.15) is 0 Å². The minimum absolute atomic E-state index is 0.624. The molecule has 0 aliphatic heterocycles. The van der Waals surface area contributed by atoms with Crippen molar-refractivity contribution in [3.05, 3.63) is 152 Å². The van der Waals surface area contributed by atoms with Gasteiger partial charge in [0.05, 0.1) is 16.7 Å². The molecule has 0 amide bonds. The van der Waals surface area contributed by atoms with Gasteiger partial charge in [-0.3, -0.25) is 4.98 Å². The molecular formula is C41H25N5. The van der Waals surface area contributed by atoms with Crippen molar-refractivity contribution in [2.45, 2.75) is 0 Å². The Morgan fingerprint density at radius 3 is 1.54 bits per heavy atom. The van der Waals surface area contributed by atoms with E-state index in [2.05, 4.69) is 78.9 Å². The monoisotopic (exact) mass is 587 g/mol. The smallest absolute Gasteiger partial charge is 0.164 e. The Bertz CT molecular complexity index is 2510. The third kappa shape index (κ3) is 4.37. The highest BCUT2D eigenvalue weighted by Gasteiger charge is 2.17. The lowest BCUT2D eigenvalue weighted by Gasteiger charge is -2.14. The van der Waals surface area contributed by atoms with Crippen LogP contribution in [0.5, 0.6) is 0 Å². The fourth-order valence-corrected chi connectivity index (χ4v) is 6.32. The van der Waals surface area contributed by atoms with E-state index < -0.39 is 0 Å². The second kappa shape index (κ2) is 10.7. The van der Waals surface area contributed by atoms with Crippen molar-refractivity contribution in [2.75, 3.05) is 0 Å². The molecule has 0 bridgehead atoms. The molecule has 0 saturated carbocycles. The Balaban J connectivity index is 1.23. The summed E-state index contributed by atoms with van der Waals surface area (Å²) in [5.74, 6) is 1.91. The van der Waals surface area contributed by atoms with Gasteiger partial charge >= 0.3 is 0 Å². The summed E-state index contributed by atoms with van der Waals surface area (Å²) in [6.07, 6.45) is 1.96. The number of para-hydroxylation sites is 1. The normalized spacial score (nSPS) is 11.5. The van der Waals surface area contributed by atoms with E-state index >= 15 is 0 Å². The van der Waals surface area contributed by atoms with Crippen molar-refractivity contribution in [3.8, 4) is 45.4 Å². The fourth-order valence-electron chi connectivity index (χ4n) is 6.32. The minimum atomic E-state index is 0.624. The summed E-state index contributed by atoms with van der Waals surface area (Å²) >= 11 is 0. The van der Waals surface area contributed by atoms with Crippen molar-refractivity contribution in [2.24, 2.45) is 0 Å². The molecule has 0 aliphatic rings. The van der Waals surface area contributed by atoms with Crippen molar-refractivity contribution in [1.82, 2.24) is 24.9 Å². The second-order valence-electron chi connectivity index (χ2n) is 11.3.